The van der Waals surface area contributed by atoms with Crippen molar-refractivity contribution < 1.29 is 13.9 Å². The second-order valence-electron chi connectivity index (χ2n) is 8.39. The molecular weight excluding hydrogens is 454 g/mol. The molecule has 5 rings (SSSR count). The molecule has 2 aromatic carbocycles. The lowest BCUT2D eigenvalue weighted by Gasteiger charge is -2.20. The van der Waals surface area contributed by atoms with Crippen molar-refractivity contribution >= 4 is 27.6 Å². The van der Waals surface area contributed by atoms with Crippen LogP contribution in [0.25, 0.3) is 32.9 Å². The van der Waals surface area contributed by atoms with Crippen LogP contribution >= 0.6 is 0 Å². The topological polar surface area (TPSA) is 120 Å². The molecule has 0 aliphatic heterocycles. The van der Waals surface area contributed by atoms with E-state index in [9.17, 15) is 13.6 Å². The number of hydrogen-bond acceptors (Lipinski definition) is 6. The average Bonchev–Trinajstić information content (AvgIpc) is 3.35. The van der Waals surface area contributed by atoms with Crippen LogP contribution in [0.1, 0.15) is 29.9 Å². The third-order valence-electron chi connectivity index (χ3n) is 5.97. The number of alkyl halides is 2. The summed E-state index contributed by atoms with van der Waals surface area (Å²) in [6.07, 6.45) is 3.31. The van der Waals surface area contributed by atoms with Crippen LogP contribution in [0.2, 0.25) is 0 Å². The lowest BCUT2D eigenvalue weighted by molar-refractivity contribution is -0.0556. The number of anilines is 1. The van der Waals surface area contributed by atoms with Gasteiger partial charge < -0.3 is 15.4 Å². The Bertz CT molecular complexity index is 1590. The van der Waals surface area contributed by atoms with Crippen molar-refractivity contribution in [2.24, 2.45) is 0 Å². The number of nitrogens with zero attached hydrogens (tertiary/aromatic N) is 3. The van der Waals surface area contributed by atoms with E-state index in [-0.39, 0.29) is 17.2 Å². The van der Waals surface area contributed by atoms with Crippen LogP contribution in [-0.4, -0.2) is 36.9 Å². The van der Waals surface area contributed by atoms with Gasteiger partial charge in [-0.3, -0.25) is 9.89 Å². The van der Waals surface area contributed by atoms with Gasteiger partial charge in [-0.1, -0.05) is 18.2 Å². The summed E-state index contributed by atoms with van der Waals surface area (Å²) >= 11 is 0. The summed E-state index contributed by atoms with van der Waals surface area (Å²) in [5.74, 6) is -2.26. The van der Waals surface area contributed by atoms with Crippen LogP contribution in [0, 0.1) is 6.92 Å². The fourth-order valence-corrected chi connectivity index (χ4v) is 4.14. The first-order chi connectivity index (χ1) is 16.8. The molecule has 1 atom stereocenters. The Labute approximate surface area is 198 Å². The molecule has 0 aliphatic rings. The highest BCUT2D eigenvalue weighted by atomic mass is 19.3. The summed E-state index contributed by atoms with van der Waals surface area (Å²) in [7, 11) is 0. The van der Waals surface area contributed by atoms with Gasteiger partial charge in [-0.25, -0.2) is 9.97 Å². The van der Waals surface area contributed by atoms with Crippen LogP contribution < -0.4 is 10.9 Å². The maximum absolute atomic E-state index is 14.0. The zero-order valence-electron chi connectivity index (χ0n) is 18.9. The summed E-state index contributed by atoms with van der Waals surface area (Å²) in [6, 6.07) is 10.7. The molecular formula is C25H22F2N6O2. The van der Waals surface area contributed by atoms with Gasteiger partial charge in [-0.05, 0) is 37.6 Å². The number of pyridine rings is 1. The fraction of sp³-hybridized carbons (Fsp3) is 0.200. The number of aliphatic hydroxyl groups is 1. The second-order valence-corrected chi connectivity index (χ2v) is 8.39. The maximum Gasteiger partial charge on any atom is 0.295 e. The Morgan fingerprint density at radius 2 is 1.97 bits per heavy atom. The number of fused-ring (bicyclic) bond motifs is 3. The standard InChI is InChI=1S/C25H22F2N6O2/c1-13(15-4-3-5-17(8-15)25(26,27)12-34)30-24-19-9-18(16-6-7-21(35)28-10-16)23-20(11-29-33-23)22(19)31-14(2)32-24/h3-11,13,34H,12H2,1-2H3,(H,28,35)(H,29,33)(H,30,31,32)/t13-/m1/s1. The Morgan fingerprint density at radius 3 is 2.71 bits per heavy atom. The van der Waals surface area contributed by atoms with Gasteiger partial charge in [0.15, 0.2) is 0 Å². The number of nitrogens with one attached hydrogen (secondary N) is 3. The van der Waals surface area contributed by atoms with E-state index < -0.39 is 12.5 Å². The Balaban J connectivity index is 1.63. The maximum atomic E-state index is 14.0. The zero-order chi connectivity index (χ0) is 24.7. The van der Waals surface area contributed by atoms with Crippen molar-refractivity contribution in [3.63, 3.8) is 0 Å². The number of halogens is 2. The summed E-state index contributed by atoms with van der Waals surface area (Å²) in [5.41, 5.74) is 3.18. The molecule has 0 aliphatic carbocycles. The molecule has 8 nitrogen and oxygen atoms in total. The van der Waals surface area contributed by atoms with Crippen molar-refractivity contribution in [2.75, 3.05) is 11.9 Å². The molecule has 3 heterocycles. The highest BCUT2D eigenvalue weighted by Gasteiger charge is 2.30. The van der Waals surface area contributed by atoms with E-state index >= 15 is 0 Å². The van der Waals surface area contributed by atoms with Gasteiger partial charge in [0.05, 0.1) is 17.2 Å². The van der Waals surface area contributed by atoms with Crippen LogP contribution in [0.3, 0.4) is 0 Å². The van der Waals surface area contributed by atoms with Crippen LogP contribution in [0.15, 0.2) is 59.7 Å². The molecule has 35 heavy (non-hydrogen) atoms. The lowest BCUT2D eigenvalue weighted by atomic mass is 10.00. The van der Waals surface area contributed by atoms with Gasteiger partial charge in [-0.2, -0.15) is 13.9 Å². The highest BCUT2D eigenvalue weighted by Crippen LogP contribution is 2.36. The van der Waals surface area contributed by atoms with Crippen LogP contribution in [0.5, 0.6) is 0 Å². The van der Waals surface area contributed by atoms with E-state index in [1.54, 1.807) is 37.5 Å². The van der Waals surface area contributed by atoms with Gasteiger partial charge in [-0.15, -0.1) is 0 Å². The van der Waals surface area contributed by atoms with Gasteiger partial charge in [0.2, 0.25) is 5.56 Å². The molecule has 4 N–H and O–H groups in total. The largest absolute Gasteiger partial charge is 0.390 e. The number of benzene rings is 2. The number of rotatable bonds is 6. The first kappa shape index (κ1) is 22.6. The minimum absolute atomic E-state index is 0.209. The Kier molecular flexibility index (Phi) is 5.52. The summed E-state index contributed by atoms with van der Waals surface area (Å²) < 4.78 is 28.1. The molecule has 0 spiro atoms. The first-order valence-corrected chi connectivity index (χ1v) is 11.0. The van der Waals surface area contributed by atoms with Crippen LogP contribution in [0.4, 0.5) is 14.6 Å². The predicted octanol–water partition coefficient (Wildman–Crippen LogP) is 4.43. The molecule has 0 unspecified atom stereocenters. The van der Waals surface area contributed by atoms with Crippen molar-refractivity contribution in [1.82, 2.24) is 25.1 Å². The van der Waals surface area contributed by atoms with Gasteiger partial charge in [0.25, 0.3) is 5.92 Å². The predicted molar refractivity (Wildman–Crippen MR) is 129 cm³/mol. The third-order valence-corrected chi connectivity index (χ3v) is 5.97. The number of aliphatic hydroxyl groups excluding tert-OH is 1. The molecule has 5 aromatic rings. The number of aromatic nitrogens is 5. The summed E-state index contributed by atoms with van der Waals surface area (Å²) in [4.78, 5) is 23.5. The number of H-pyrrole nitrogens is 2. The van der Waals surface area contributed by atoms with Crippen LogP contribution in [-0.2, 0) is 5.92 Å². The SMILES string of the molecule is Cc1nc(N[C@H](C)c2cccc(C(F)(F)CO)c2)c2cc(-c3ccc(=O)[nH]c3)c3[nH]ncc3c2n1. The first-order valence-electron chi connectivity index (χ1n) is 11.0. The normalized spacial score (nSPS) is 12.8. The lowest BCUT2D eigenvalue weighted by Crippen LogP contribution is -2.19. The quantitative estimate of drug-likeness (QED) is 0.288. The molecule has 0 bridgehead atoms. The molecule has 3 aromatic heterocycles. The molecule has 0 amide bonds. The molecule has 10 heteroatoms. The number of aromatic amines is 2. The van der Waals surface area contributed by atoms with E-state index in [2.05, 4.69) is 30.5 Å². The van der Waals surface area contributed by atoms with Crippen molar-refractivity contribution in [2.45, 2.75) is 25.8 Å². The third kappa shape index (κ3) is 4.12. The molecule has 0 fully saturated rings. The smallest absolute Gasteiger partial charge is 0.295 e. The van der Waals surface area contributed by atoms with Crippen molar-refractivity contribution in [1.29, 1.82) is 0 Å². The second kappa shape index (κ2) is 8.55. The molecule has 178 valence electrons. The minimum Gasteiger partial charge on any atom is -0.390 e. The van der Waals surface area contributed by atoms with Gasteiger partial charge in [0, 0.05) is 45.8 Å². The van der Waals surface area contributed by atoms with Gasteiger partial charge in [0.1, 0.15) is 18.2 Å². The van der Waals surface area contributed by atoms with E-state index in [4.69, 9.17) is 5.11 Å². The number of aryl methyl sites for hydroxylation is 1. The zero-order valence-corrected chi connectivity index (χ0v) is 18.9. The Morgan fingerprint density at radius 1 is 1.14 bits per heavy atom. The van der Waals surface area contributed by atoms with E-state index in [0.29, 0.717) is 22.7 Å². The van der Waals surface area contributed by atoms with E-state index in [0.717, 1.165) is 27.4 Å². The fourth-order valence-electron chi connectivity index (χ4n) is 4.14. The number of hydrogen-bond donors (Lipinski definition) is 4. The van der Waals surface area contributed by atoms with Gasteiger partial charge >= 0.3 is 0 Å². The van der Waals surface area contributed by atoms with Crippen molar-refractivity contribution in [3.05, 3.63) is 82.2 Å². The molecule has 0 saturated carbocycles. The minimum atomic E-state index is -3.33. The Hall–Kier alpha value is -4.18. The monoisotopic (exact) mass is 476 g/mol. The average molecular weight is 476 g/mol. The van der Waals surface area contributed by atoms with Crippen molar-refractivity contribution in [3.8, 4) is 11.1 Å². The highest BCUT2D eigenvalue weighted by molar-refractivity contribution is 6.13. The summed E-state index contributed by atoms with van der Waals surface area (Å²) in [5, 5.41) is 21.1. The van der Waals surface area contributed by atoms with E-state index in [1.165, 1.54) is 18.2 Å². The molecule has 0 radical (unpaired) electrons. The summed E-state index contributed by atoms with van der Waals surface area (Å²) in [6.45, 7) is 2.36. The van der Waals surface area contributed by atoms with E-state index in [1.807, 2.05) is 13.0 Å². The molecule has 0 saturated heterocycles.